The molecule has 1 aliphatic heterocycles. The summed E-state index contributed by atoms with van der Waals surface area (Å²) >= 11 is 0. The van der Waals surface area contributed by atoms with Crippen molar-refractivity contribution in [1.82, 2.24) is 10.2 Å². The number of aliphatic hydroxyl groups is 1. The minimum atomic E-state index is -1.40. The summed E-state index contributed by atoms with van der Waals surface area (Å²) in [5.41, 5.74) is -0.875. The third-order valence-corrected chi connectivity index (χ3v) is 4.85. The normalized spacial score (nSPS) is 25.5. The SMILES string of the molecule is O=C1N(Cc2ccc(F)c(F)c2)CCCC1(O)CNC1CCC1. The summed E-state index contributed by atoms with van der Waals surface area (Å²) in [5, 5.41) is 13.9. The number of hydrogen-bond acceptors (Lipinski definition) is 3. The number of carbonyl (C=O) groups excluding carboxylic acids is 1. The number of nitrogens with one attached hydrogen (secondary N) is 1. The summed E-state index contributed by atoms with van der Waals surface area (Å²) in [6, 6.07) is 4.02. The molecule has 0 radical (unpaired) electrons. The minimum absolute atomic E-state index is 0.182. The first kappa shape index (κ1) is 16.3. The van der Waals surface area contributed by atoms with Gasteiger partial charge in [0.25, 0.3) is 5.91 Å². The molecule has 0 aromatic heterocycles. The van der Waals surface area contributed by atoms with Crippen molar-refractivity contribution in [3.05, 3.63) is 35.4 Å². The molecule has 2 aliphatic rings. The van der Waals surface area contributed by atoms with Gasteiger partial charge in [-0.2, -0.15) is 0 Å². The lowest BCUT2D eigenvalue weighted by Crippen LogP contribution is -2.59. The number of likely N-dealkylation sites (tertiary alicyclic amines) is 1. The van der Waals surface area contributed by atoms with Crippen LogP contribution >= 0.6 is 0 Å². The van der Waals surface area contributed by atoms with Gasteiger partial charge in [0.05, 0.1) is 0 Å². The van der Waals surface area contributed by atoms with Gasteiger partial charge in [-0.1, -0.05) is 12.5 Å². The van der Waals surface area contributed by atoms with E-state index in [9.17, 15) is 18.7 Å². The van der Waals surface area contributed by atoms with E-state index in [0.717, 1.165) is 25.0 Å². The Hall–Kier alpha value is -1.53. The number of halogens is 2. The Bertz CT molecular complexity index is 592. The maximum atomic E-state index is 13.3. The number of nitrogens with zero attached hydrogens (tertiary/aromatic N) is 1. The summed E-state index contributed by atoms with van der Waals surface area (Å²) in [6.45, 7) is 0.954. The van der Waals surface area contributed by atoms with Crippen LogP contribution in [0, 0.1) is 11.6 Å². The van der Waals surface area contributed by atoms with Crippen molar-refractivity contribution in [1.29, 1.82) is 0 Å². The van der Waals surface area contributed by atoms with E-state index in [-0.39, 0.29) is 19.0 Å². The second kappa shape index (κ2) is 6.53. The van der Waals surface area contributed by atoms with Gasteiger partial charge in [0, 0.05) is 25.7 Å². The molecule has 23 heavy (non-hydrogen) atoms. The predicted molar refractivity (Wildman–Crippen MR) is 81.6 cm³/mol. The Morgan fingerprint density at radius 1 is 1.26 bits per heavy atom. The average molecular weight is 324 g/mol. The molecule has 0 bridgehead atoms. The second-order valence-electron chi connectivity index (χ2n) is 6.62. The van der Waals surface area contributed by atoms with Gasteiger partial charge in [-0.3, -0.25) is 4.79 Å². The number of benzene rings is 1. The van der Waals surface area contributed by atoms with Crippen molar-refractivity contribution in [3.8, 4) is 0 Å². The zero-order valence-electron chi connectivity index (χ0n) is 13.0. The van der Waals surface area contributed by atoms with Gasteiger partial charge in [-0.25, -0.2) is 8.78 Å². The van der Waals surface area contributed by atoms with Crippen molar-refractivity contribution >= 4 is 5.91 Å². The van der Waals surface area contributed by atoms with Crippen molar-refractivity contribution in [2.75, 3.05) is 13.1 Å². The van der Waals surface area contributed by atoms with Crippen LogP contribution in [0.25, 0.3) is 0 Å². The maximum Gasteiger partial charge on any atom is 0.256 e. The van der Waals surface area contributed by atoms with Crippen molar-refractivity contribution in [3.63, 3.8) is 0 Å². The summed E-state index contributed by atoms with van der Waals surface area (Å²) in [7, 11) is 0. The molecule has 0 spiro atoms. The molecule has 1 saturated carbocycles. The molecule has 3 rings (SSSR count). The van der Waals surface area contributed by atoms with E-state index in [1.54, 1.807) is 0 Å². The molecule has 1 aliphatic carbocycles. The molecular formula is C17H22F2N2O2. The summed E-state index contributed by atoms with van der Waals surface area (Å²) in [5.74, 6) is -2.16. The van der Waals surface area contributed by atoms with E-state index in [2.05, 4.69) is 5.32 Å². The predicted octanol–water partition coefficient (Wildman–Crippen LogP) is 1.96. The van der Waals surface area contributed by atoms with E-state index >= 15 is 0 Å². The Morgan fingerprint density at radius 3 is 2.70 bits per heavy atom. The van der Waals surface area contributed by atoms with Crippen LogP contribution in [-0.4, -0.2) is 40.6 Å². The number of rotatable bonds is 5. The lowest BCUT2D eigenvalue weighted by atomic mass is 9.88. The summed E-state index contributed by atoms with van der Waals surface area (Å²) in [6.07, 6.45) is 4.48. The Kier molecular flexibility index (Phi) is 4.64. The van der Waals surface area contributed by atoms with E-state index in [1.165, 1.54) is 17.4 Å². The standard InChI is InChI=1S/C17H22F2N2O2/c18-14-6-5-12(9-15(14)19)10-21-8-2-7-17(23,16(21)22)11-20-13-3-1-4-13/h5-6,9,13,20,23H,1-4,7-8,10-11H2. The molecule has 126 valence electrons. The van der Waals surface area contributed by atoms with Gasteiger partial charge in [0.15, 0.2) is 17.2 Å². The largest absolute Gasteiger partial charge is 0.379 e. The maximum absolute atomic E-state index is 13.3. The number of amides is 1. The van der Waals surface area contributed by atoms with E-state index in [0.29, 0.717) is 31.0 Å². The minimum Gasteiger partial charge on any atom is -0.379 e. The third-order valence-electron chi connectivity index (χ3n) is 4.85. The van der Waals surface area contributed by atoms with Crippen LogP contribution in [0.5, 0.6) is 0 Å². The highest BCUT2D eigenvalue weighted by atomic mass is 19.2. The topological polar surface area (TPSA) is 52.6 Å². The lowest BCUT2D eigenvalue weighted by Gasteiger charge is -2.40. The zero-order chi connectivity index (χ0) is 16.4. The molecule has 1 atom stereocenters. The van der Waals surface area contributed by atoms with Crippen molar-refractivity contribution in [2.24, 2.45) is 0 Å². The molecule has 1 saturated heterocycles. The van der Waals surface area contributed by atoms with E-state index in [1.807, 2.05) is 0 Å². The van der Waals surface area contributed by atoms with Crippen LogP contribution in [0.15, 0.2) is 18.2 Å². The van der Waals surface area contributed by atoms with Crippen LogP contribution in [0.2, 0.25) is 0 Å². The van der Waals surface area contributed by atoms with E-state index < -0.39 is 17.2 Å². The van der Waals surface area contributed by atoms with Gasteiger partial charge in [0.1, 0.15) is 0 Å². The number of hydrogen-bond donors (Lipinski definition) is 2. The molecule has 1 heterocycles. The molecule has 2 fully saturated rings. The number of piperidine rings is 1. The summed E-state index contributed by atoms with van der Waals surface area (Å²) < 4.78 is 26.3. The van der Waals surface area contributed by atoms with Gasteiger partial charge in [0.2, 0.25) is 0 Å². The Labute approximate surface area is 134 Å². The average Bonchev–Trinajstić information content (AvgIpc) is 2.46. The zero-order valence-corrected chi connectivity index (χ0v) is 13.0. The molecule has 1 amide bonds. The van der Waals surface area contributed by atoms with Crippen LogP contribution < -0.4 is 5.32 Å². The first-order valence-corrected chi connectivity index (χ1v) is 8.17. The fraction of sp³-hybridized carbons (Fsp3) is 0.588. The van der Waals surface area contributed by atoms with E-state index in [4.69, 9.17) is 0 Å². The second-order valence-corrected chi connectivity index (χ2v) is 6.62. The van der Waals surface area contributed by atoms with Gasteiger partial charge in [-0.05, 0) is 43.4 Å². The molecule has 4 nitrogen and oxygen atoms in total. The lowest BCUT2D eigenvalue weighted by molar-refractivity contribution is -0.157. The monoisotopic (exact) mass is 324 g/mol. The number of carbonyl (C=O) groups is 1. The molecule has 1 unspecified atom stereocenters. The van der Waals surface area contributed by atoms with Crippen LogP contribution in [0.1, 0.15) is 37.7 Å². The van der Waals surface area contributed by atoms with Gasteiger partial charge in [-0.15, -0.1) is 0 Å². The molecule has 2 N–H and O–H groups in total. The molecule has 1 aromatic carbocycles. The van der Waals surface area contributed by atoms with Crippen LogP contribution in [-0.2, 0) is 11.3 Å². The van der Waals surface area contributed by atoms with Crippen molar-refractivity contribution < 1.29 is 18.7 Å². The highest BCUT2D eigenvalue weighted by Crippen LogP contribution is 2.26. The van der Waals surface area contributed by atoms with Crippen molar-refractivity contribution in [2.45, 2.75) is 50.3 Å². The first-order valence-electron chi connectivity index (χ1n) is 8.17. The molecule has 1 aromatic rings. The molecule has 6 heteroatoms. The Morgan fingerprint density at radius 2 is 2.04 bits per heavy atom. The molecular weight excluding hydrogens is 302 g/mol. The van der Waals surface area contributed by atoms with Gasteiger partial charge < -0.3 is 15.3 Å². The highest BCUT2D eigenvalue weighted by Gasteiger charge is 2.42. The summed E-state index contributed by atoms with van der Waals surface area (Å²) in [4.78, 5) is 14.1. The van der Waals surface area contributed by atoms with Crippen LogP contribution in [0.4, 0.5) is 8.78 Å². The fourth-order valence-corrected chi connectivity index (χ4v) is 3.16. The first-order chi connectivity index (χ1) is 11.0. The quantitative estimate of drug-likeness (QED) is 0.870. The Balaban J connectivity index is 1.64. The van der Waals surface area contributed by atoms with Crippen LogP contribution in [0.3, 0.4) is 0 Å². The third kappa shape index (κ3) is 3.53. The fourth-order valence-electron chi connectivity index (χ4n) is 3.16. The van der Waals surface area contributed by atoms with Gasteiger partial charge >= 0.3 is 0 Å². The smallest absolute Gasteiger partial charge is 0.256 e. The highest BCUT2D eigenvalue weighted by molar-refractivity contribution is 5.86.